The van der Waals surface area contributed by atoms with Crippen molar-refractivity contribution in [2.24, 2.45) is 10.2 Å². The molecule has 80 valence electrons. The smallest absolute Gasteiger partial charge is 0.210 e. The van der Waals surface area contributed by atoms with Crippen LogP contribution in [0.4, 0.5) is 0 Å². The van der Waals surface area contributed by atoms with Crippen molar-refractivity contribution in [3.05, 3.63) is 12.5 Å². The standard InChI is InChI=1S/C9H13N5O/c1-2-11-12-6(1)7-5-8(14-13-7)9-10-3-4-15-9/h3-4,7,9-11,13H,1-2,5H2. The van der Waals surface area contributed by atoms with Crippen molar-refractivity contribution in [2.75, 3.05) is 6.54 Å². The fraction of sp³-hybridized carbons (Fsp3) is 0.556. The minimum absolute atomic E-state index is 0.0996. The molecule has 0 saturated carbocycles. The monoisotopic (exact) mass is 207 g/mol. The van der Waals surface area contributed by atoms with E-state index in [1.165, 1.54) is 0 Å². The molecule has 3 aliphatic rings. The van der Waals surface area contributed by atoms with E-state index < -0.39 is 0 Å². The fourth-order valence-electron chi connectivity index (χ4n) is 1.93. The Labute approximate surface area is 87.4 Å². The van der Waals surface area contributed by atoms with Gasteiger partial charge in [0, 0.05) is 25.6 Å². The molecule has 3 aliphatic heterocycles. The highest BCUT2D eigenvalue weighted by Crippen LogP contribution is 2.14. The van der Waals surface area contributed by atoms with Crippen molar-refractivity contribution in [1.82, 2.24) is 16.2 Å². The van der Waals surface area contributed by atoms with Crippen LogP contribution in [-0.4, -0.2) is 30.2 Å². The van der Waals surface area contributed by atoms with Crippen LogP contribution < -0.4 is 16.2 Å². The molecule has 3 rings (SSSR count). The number of hydrazone groups is 2. The summed E-state index contributed by atoms with van der Waals surface area (Å²) in [6.07, 6.45) is 5.19. The first-order chi connectivity index (χ1) is 7.43. The maximum absolute atomic E-state index is 5.33. The molecule has 0 radical (unpaired) electrons. The van der Waals surface area contributed by atoms with Crippen molar-refractivity contribution in [1.29, 1.82) is 0 Å². The van der Waals surface area contributed by atoms with Crippen LogP contribution in [0.25, 0.3) is 0 Å². The normalized spacial score (nSPS) is 32.5. The molecule has 0 bridgehead atoms. The molecule has 2 atom stereocenters. The molecule has 2 unspecified atom stereocenters. The summed E-state index contributed by atoms with van der Waals surface area (Å²) in [6, 6.07) is 0.237. The Balaban J connectivity index is 1.61. The Morgan fingerprint density at radius 1 is 1.33 bits per heavy atom. The van der Waals surface area contributed by atoms with Gasteiger partial charge in [0.25, 0.3) is 0 Å². The van der Waals surface area contributed by atoms with Gasteiger partial charge in [0.05, 0.1) is 11.8 Å². The minimum atomic E-state index is -0.0996. The second-order valence-electron chi connectivity index (χ2n) is 3.74. The largest absolute Gasteiger partial charge is 0.471 e. The van der Waals surface area contributed by atoms with Crippen LogP contribution in [0.2, 0.25) is 0 Å². The second kappa shape index (κ2) is 3.45. The Hall–Kier alpha value is -1.72. The maximum Gasteiger partial charge on any atom is 0.210 e. The van der Waals surface area contributed by atoms with Gasteiger partial charge in [-0.3, -0.25) is 0 Å². The maximum atomic E-state index is 5.33. The zero-order chi connectivity index (χ0) is 10.1. The quantitative estimate of drug-likeness (QED) is 0.569. The van der Waals surface area contributed by atoms with Crippen LogP contribution >= 0.6 is 0 Å². The first kappa shape index (κ1) is 8.58. The minimum Gasteiger partial charge on any atom is -0.471 e. The Bertz CT molecular complexity index is 340. The van der Waals surface area contributed by atoms with E-state index in [1.54, 1.807) is 12.5 Å². The van der Waals surface area contributed by atoms with E-state index in [0.717, 1.165) is 30.8 Å². The van der Waals surface area contributed by atoms with Crippen molar-refractivity contribution < 1.29 is 4.74 Å². The molecule has 0 amide bonds. The van der Waals surface area contributed by atoms with Crippen molar-refractivity contribution in [2.45, 2.75) is 25.1 Å². The Morgan fingerprint density at radius 2 is 2.33 bits per heavy atom. The topological polar surface area (TPSA) is 70.0 Å². The van der Waals surface area contributed by atoms with E-state index in [4.69, 9.17) is 4.74 Å². The van der Waals surface area contributed by atoms with Crippen LogP contribution in [0, 0.1) is 0 Å². The highest BCUT2D eigenvalue weighted by Gasteiger charge is 2.30. The van der Waals surface area contributed by atoms with Gasteiger partial charge in [0.1, 0.15) is 12.0 Å². The number of hydrogen-bond donors (Lipinski definition) is 3. The van der Waals surface area contributed by atoms with E-state index in [-0.39, 0.29) is 12.3 Å². The van der Waals surface area contributed by atoms with Gasteiger partial charge in [0.2, 0.25) is 6.23 Å². The third-order valence-electron chi connectivity index (χ3n) is 2.73. The van der Waals surface area contributed by atoms with Crippen LogP contribution in [0.3, 0.4) is 0 Å². The zero-order valence-electron chi connectivity index (χ0n) is 8.23. The molecule has 0 aromatic carbocycles. The average molecular weight is 207 g/mol. The summed E-state index contributed by atoms with van der Waals surface area (Å²) in [4.78, 5) is 0. The molecule has 0 fully saturated rings. The summed E-state index contributed by atoms with van der Waals surface area (Å²) in [6.45, 7) is 0.933. The lowest BCUT2D eigenvalue weighted by Gasteiger charge is -2.11. The third-order valence-corrected chi connectivity index (χ3v) is 2.73. The predicted molar refractivity (Wildman–Crippen MR) is 56.2 cm³/mol. The Morgan fingerprint density at radius 3 is 3.07 bits per heavy atom. The molecular formula is C9H13N5O. The molecule has 3 heterocycles. The van der Waals surface area contributed by atoms with Gasteiger partial charge in [-0.15, -0.1) is 0 Å². The average Bonchev–Trinajstić information content (AvgIpc) is 3.02. The van der Waals surface area contributed by atoms with Gasteiger partial charge in [-0.1, -0.05) is 0 Å². The highest BCUT2D eigenvalue weighted by atomic mass is 16.5. The SMILES string of the molecule is C1=COC(C2=NNC(C3=NNCC3)C2)N1. The fourth-order valence-corrected chi connectivity index (χ4v) is 1.93. The summed E-state index contributed by atoms with van der Waals surface area (Å²) in [5.74, 6) is 0. The zero-order valence-corrected chi connectivity index (χ0v) is 8.23. The van der Waals surface area contributed by atoms with Gasteiger partial charge >= 0.3 is 0 Å². The molecule has 15 heavy (non-hydrogen) atoms. The summed E-state index contributed by atoms with van der Waals surface area (Å²) in [7, 11) is 0. The third kappa shape index (κ3) is 1.51. The lowest BCUT2D eigenvalue weighted by atomic mass is 10.0. The lowest BCUT2D eigenvalue weighted by Crippen LogP contribution is -2.33. The first-order valence-electron chi connectivity index (χ1n) is 5.11. The van der Waals surface area contributed by atoms with Crippen molar-refractivity contribution >= 4 is 11.4 Å². The molecule has 6 nitrogen and oxygen atoms in total. The predicted octanol–water partition coefficient (Wildman–Crippen LogP) is -0.529. The van der Waals surface area contributed by atoms with Gasteiger partial charge in [0.15, 0.2) is 0 Å². The molecule has 0 aromatic heterocycles. The summed E-state index contributed by atoms with van der Waals surface area (Å²) in [5.41, 5.74) is 8.22. The van der Waals surface area contributed by atoms with Gasteiger partial charge in [-0.05, 0) is 0 Å². The van der Waals surface area contributed by atoms with Crippen LogP contribution in [-0.2, 0) is 4.74 Å². The summed E-state index contributed by atoms with van der Waals surface area (Å²) >= 11 is 0. The molecular weight excluding hydrogens is 194 g/mol. The number of hydrogen-bond acceptors (Lipinski definition) is 6. The lowest BCUT2D eigenvalue weighted by molar-refractivity contribution is 0.212. The molecule has 0 aliphatic carbocycles. The molecule has 0 saturated heterocycles. The van der Waals surface area contributed by atoms with Gasteiger partial charge < -0.3 is 20.9 Å². The van der Waals surface area contributed by atoms with Gasteiger partial charge in [-0.25, -0.2) is 0 Å². The second-order valence-corrected chi connectivity index (χ2v) is 3.74. The van der Waals surface area contributed by atoms with E-state index >= 15 is 0 Å². The molecule has 3 N–H and O–H groups in total. The number of nitrogens with one attached hydrogen (secondary N) is 3. The van der Waals surface area contributed by atoms with E-state index in [1.807, 2.05) is 0 Å². The van der Waals surface area contributed by atoms with E-state index in [2.05, 4.69) is 26.4 Å². The molecule has 0 aromatic rings. The molecule has 6 heteroatoms. The van der Waals surface area contributed by atoms with Crippen molar-refractivity contribution in [3.8, 4) is 0 Å². The van der Waals surface area contributed by atoms with Crippen LogP contribution in [0.1, 0.15) is 12.8 Å². The highest BCUT2D eigenvalue weighted by molar-refractivity contribution is 5.99. The summed E-state index contributed by atoms with van der Waals surface area (Å²) in [5, 5.41) is 11.6. The van der Waals surface area contributed by atoms with Crippen LogP contribution in [0.15, 0.2) is 22.7 Å². The first-order valence-corrected chi connectivity index (χ1v) is 5.11. The van der Waals surface area contributed by atoms with E-state index in [9.17, 15) is 0 Å². The number of nitrogens with zero attached hydrogens (tertiary/aromatic N) is 2. The Kier molecular flexibility index (Phi) is 1.97. The molecule has 0 spiro atoms. The van der Waals surface area contributed by atoms with Crippen LogP contribution in [0.5, 0.6) is 0 Å². The number of rotatable bonds is 2. The van der Waals surface area contributed by atoms with Gasteiger partial charge in [-0.2, -0.15) is 10.2 Å². The van der Waals surface area contributed by atoms with E-state index in [0.29, 0.717) is 0 Å². The summed E-state index contributed by atoms with van der Waals surface area (Å²) < 4.78 is 5.33. The number of ether oxygens (including phenoxy) is 1. The van der Waals surface area contributed by atoms with Crippen molar-refractivity contribution in [3.63, 3.8) is 0 Å².